The highest BCUT2D eigenvalue weighted by Gasteiger charge is 2.39. The predicted octanol–water partition coefficient (Wildman–Crippen LogP) is 3.54. The molecule has 1 fully saturated rings. The maximum atomic E-state index is 13.4. The van der Waals surface area contributed by atoms with Gasteiger partial charge >= 0.3 is 6.03 Å². The van der Waals surface area contributed by atoms with Gasteiger partial charge < -0.3 is 10.6 Å². The lowest BCUT2D eigenvalue weighted by atomic mass is 9.87. The Morgan fingerprint density at radius 3 is 2.36 bits per heavy atom. The Balaban J connectivity index is 1.95. The molecule has 2 aromatic rings. The minimum atomic E-state index is -0.561. The standard InChI is InChI=1S/C20H18Cl2N4O2/c1-24-20(28)26(16-7-14(21)6-15(22)8-16)19(27)18-11-25-10-17(18)13-4-2-12(9-23)3-5-13/h2-8,17-18,25H,10-11H2,1H3,(H,24,28). The summed E-state index contributed by atoms with van der Waals surface area (Å²) in [5.74, 6) is -0.929. The van der Waals surface area contributed by atoms with Gasteiger partial charge in [-0.3, -0.25) is 4.79 Å². The quantitative estimate of drug-likeness (QED) is 0.800. The maximum Gasteiger partial charge on any atom is 0.328 e. The van der Waals surface area contributed by atoms with Crippen LogP contribution in [0.3, 0.4) is 0 Å². The van der Waals surface area contributed by atoms with E-state index in [2.05, 4.69) is 16.7 Å². The van der Waals surface area contributed by atoms with Crippen molar-refractivity contribution in [2.45, 2.75) is 5.92 Å². The molecule has 28 heavy (non-hydrogen) atoms. The first-order valence-corrected chi connectivity index (χ1v) is 9.42. The van der Waals surface area contributed by atoms with Crippen molar-refractivity contribution in [3.63, 3.8) is 0 Å². The van der Waals surface area contributed by atoms with Gasteiger partial charge in [-0.05, 0) is 35.9 Å². The van der Waals surface area contributed by atoms with E-state index in [9.17, 15) is 9.59 Å². The number of imide groups is 1. The highest BCUT2D eigenvalue weighted by molar-refractivity contribution is 6.35. The van der Waals surface area contributed by atoms with Crippen LogP contribution in [-0.2, 0) is 4.79 Å². The first-order chi connectivity index (χ1) is 13.4. The number of halogens is 2. The van der Waals surface area contributed by atoms with E-state index in [1.165, 1.54) is 25.2 Å². The molecule has 0 aliphatic carbocycles. The lowest BCUT2D eigenvalue weighted by Crippen LogP contribution is -2.47. The molecule has 0 aromatic heterocycles. The van der Waals surface area contributed by atoms with Gasteiger partial charge in [0, 0.05) is 36.1 Å². The molecule has 6 nitrogen and oxygen atoms in total. The zero-order valence-electron chi connectivity index (χ0n) is 15.1. The van der Waals surface area contributed by atoms with Gasteiger partial charge in [0.2, 0.25) is 5.91 Å². The Hall–Kier alpha value is -2.59. The van der Waals surface area contributed by atoms with Crippen molar-refractivity contribution in [2.24, 2.45) is 5.92 Å². The molecular weight excluding hydrogens is 399 g/mol. The fourth-order valence-corrected chi connectivity index (χ4v) is 3.90. The zero-order chi connectivity index (χ0) is 20.3. The van der Waals surface area contributed by atoms with Gasteiger partial charge in [0.05, 0.1) is 23.2 Å². The minimum Gasteiger partial charge on any atom is -0.340 e. The molecule has 1 saturated heterocycles. The molecule has 1 aliphatic rings. The summed E-state index contributed by atoms with van der Waals surface area (Å²) in [5, 5.41) is 15.4. The lowest BCUT2D eigenvalue weighted by Gasteiger charge is -2.26. The average molecular weight is 417 g/mol. The smallest absolute Gasteiger partial charge is 0.328 e. The van der Waals surface area contributed by atoms with Gasteiger partial charge in [0.1, 0.15) is 0 Å². The lowest BCUT2D eigenvalue weighted by molar-refractivity contribution is -0.121. The molecule has 144 valence electrons. The second kappa shape index (κ2) is 8.61. The largest absolute Gasteiger partial charge is 0.340 e. The third-order valence-corrected chi connectivity index (χ3v) is 5.18. The van der Waals surface area contributed by atoms with E-state index < -0.39 is 11.9 Å². The van der Waals surface area contributed by atoms with Gasteiger partial charge in [-0.1, -0.05) is 35.3 Å². The van der Waals surface area contributed by atoms with E-state index in [0.29, 0.717) is 34.4 Å². The highest BCUT2D eigenvalue weighted by atomic mass is 35.5. The monoisotopic (exact) mass is 416 g/mol. The zero-order valence-corrected chi connectivity index (χ0v) is 16.6. The Kier molecular flexibility index (Phi) is 6.20. The van der Waals surface area contributed by atoms with E-state index in [0.717, 1.165) is 10.5 Å². The third-order valence-electron chi connectivity index (χ3n) is 4.74. The number of hydrogen-bond donors (Lipinski definition) is 2. The van der Waals surface area contributed by atoms with Gasteiger partial charge in [0.25, 0.3) is 0 Å². The SMILES string of the molecule is CNC(=O)N(C(=O)C1CNCC1c1ccc(C#N)cc1)c1cc(Cl)cc(Cl)c1. The van der Waals surface area contributed by atoms with Crippen LogP contribution in [0, 0.1) is 17.2 Å². The van der Waals surface area contributed by atoms with Crippen LogP contribution in [0.2, 0.25) is 10.0 Å². The summed E-state index contributed by atoms with van der Waals surface area (Å²) in [5.41, 5.74) is 1.80. The normalized spacial score (nSPS) is 18.4. The average Bonchev–Trinajstić information content (AvgIpc) is 3.17. The number of nitrogens with zero attached hydrogens (tertiary/aromatic N) is 2. The molecule has 2 N–H and O–H groups in total. The van der Waals surface area contributed by atoms with Crippen LogP contribution in [0.5, 0.6) is 0 Å². The van der Waals surface area contributed by atoms with Crippen LogP contribution in [0.25, 0.3) is 0 Å². The van der Waals surface area contributed by atoms with Crippen molar-refractivity contribution in [3.05, 3.63) is 63.6 Å². The number of benzene rings is 2. The molecule has 2 atom stereocenters. The van der Waals surface area contributed by atoms with Gasteiger partial charge in [-0.15, -0.1) is 0 Å². The molecule has 1 aliphatic heterocycles. The number of carbonyl (C=O) groups is 2. The number of amides is 3. The van der Waals surface area contributed by atoms with Gasteiger partial charge in [-0.25, -0.2) is 9.69 Å². The Morgan fingerprint density at radius 2 is 1.79 bits per heavy atom. The van der Waals surface area contributed by atoms with Crippen molar-refractivity contribution >= 4 is 40.8 Å². The number of anilines is 1. The fraction of sp³-hybridized carbons (Fsp3) is 0.250. The summed E-state index contributed by atoms with van der Waals surface area (Å²) in [6, 6.07) is 13.3. The van der Waals surface area contributed by atoms with Crippen molar-refractivity contribution < 1.29 is 9.59 Å². The molecule has 3 amide bonds. The summed E-state index contributed by atoms with van der Waals surface area (Å²) < 4.78 is 0. The molecule has 0 spiro atoms. The van der Waals surface area contributed by atoms with Crippen LogP contribution >= 0.6 is 23.2 Å². The molecule has 2 unspecified atom stereocenters. The van der Waals surface area contributed by atoms with Gasteiger partial charge in [0.15, 0.2) is 0 Å². The molecule has 0 bridgehead atoms. The topological polar surface area (TPSA) is 85.2 Å². The number of hydrogen-bond acceptors (Lipinski definition) is 4. The first-order valence-electron chi connectivity index (χ1n) is 8.67. The second-order valence-corrected chi connectivity index (χ2v) is 7.33. The van der Waals surface area contributed by atoms with E-state index in [4.69, 9.17) is 28.5 Å². The molecule has 8 heteroatoms. The Morgan fingerprint density at radius 1 is 1.14 bits per heavy atom. The van der Waals surface area contributed by atoms with Gasteiger partial charge in [-0.2, -0.15) is 5.26 Å². The van der Waals surface area contributed by atoms with Crippen LogP contribution in [0.1, 0.15) is 17.0 Å². The van der Waals surface area contributed by atoms with Crippen LogP contribution in [0.15, 0.2) is 42.5 Å². The first kappa shape index (κ1) is 20.2. The number of rotatable bonds is 3. The number of carbonyl (C=O) groups excluding carboxylic acids is 2. The Bertz CT molecular complexity index is 920. The summed E-state index contributed by atoms with van der Waals surface area (Å²) in [6.07, 6.45) is 0. The van der Waals surface area contributed by atoms with E-state index in [1.54, 1.807) is 12.1 Å². The number of nitrogens with one attached hydrogen (secondary N) is 2. The molecular formula is C20H18Cl2N4O2. The summed E-state index contributed by atoms with van der Waals surface area (Å²) in [7, 11) is 1.46. The summed E-state index contributed by atoms with van der Waals surface area (Å²) in [4.78, 5) is 26.9. The van der Waals surface area contributed by atoms with Crippen LogP contribution in [-0.4, -0.2) is 32.1 Å². The van der Waals surface area contributed by atoms with Crippen molar-refractivity contribution in [2.75, 3.05) is 25.0 Å². The summed E-state index contributed by atoms with van der Waals surface area (Å²) >= 11 is 12.1. The molecule has 2 aromatic carbocycles. The van der Waals surface area contributed by atoms with Crippen molar-refractivity contribution in [1.82, 2.24) is 10.6 Å². The minimum absolute atomic E-state index is 0.123. The predicted molar refractivity (Wildman–Crippen MR) is 109 cm³/mol. The van der Waals surface area contributed by atoms with Crippen LogP contribution in [0.4, 0.5) is 10.5 Å². The second-order valence-electron chi connectivity index (χ2n) is 6.46. The van der Waals surface area contributed by atoms with E-state index >= 15 is 0 Å². The number of urea groups is 1. The third kappa shape index (κ3) is 4.12. The molecule has 0 saturated carbocycles. The van der Waals surface area contributed by atoms with Crippen LogP contribution < -0.4 is 15.5 Å². The maximum absolute atomic E-state index is 13.4. The number of nitriles is 1. The summed E-state index contributed by atoms with van der Waals surface area (Å²) in [6.45, 7) is 1.03. The fourth-order valence-electron chi connectivity index (χ4n) is 3.38. The van der Waals surface area contributed by atoms with E-state index in [-0.39, 0.29) is 11.8 Å². The molecule has 0 radical (unpaired) electrons. The van der Waals surface area contributed by atoms with Crippen molar-refractivity contribution in [3.8, 4) is 6.07 Å². The molecule has 3 rings (SSSR count). The Labute approximate surface area is 173 Å². The molecule has 1 heterocycles. The highest BCUT2D eigenvalue weighted by Crippen LogP contribution is 2.33. The van der Waals surface area contributed by atoms with Crippen molar-refractivity contribution in [1.29, 1.82) is 5.26 Å². The van der Waals surface area contributed by atoms with E-state index in [1.807, 2.05) is 12.1 Å².